The highest BCUT2D eigenvalue weighted by Crippen LogP contribution is 2.38. The number of aliphatic carboxylic acids is 1. The minimum absolute atomic E-state index is 0.0502. The first kappa shape index (κ1) is 52.0. The van der Waals surface area contributed by atoms with E-state index in [9.17, 15) is 89.3 Å². The molecule has 0 aliphatic heterocycles. The van der Waals surface area contributed by atoms with Crippen LogP contribution in [0.15, 0.2) is 80.1 Å². The first-order valence-electron chi connectivity index (χ1n) is 16.1. The van der Waals surface area contributed by atoms with Crippen LogP contribution in [-0.2, 0) is 78.4 Å². The summed E-state index contributed by atoms with van der Waals surface area (Å²) < 4.78 is 208. The number of carbonyl (C=O) groups is 2. The summed E-state index contributed by atoms with van der Waals surface area (Å²) in [5.41, 5.74) is -9.72. The van der Waals surface area contributed by atoms with Crippen LogP contribution >= 0.6 is 0 Å². The third-order valence-electron chi connectivity index (χ3n) is 7.37. The normalized spacial score (nSPS) is 13.1. The molecule has 0 atom stereocenters. The second kappa shape index (κ2) is 18.1. The topological polar surface area (TPSA) is 227 Å². The number of nitrogens with two attached hydrogens (primary N) is 1. The van der Waals surface area contributed by atoms with Crippen LogP contribution in [0.25, 0.3) is 0 Å². The minimum atomic E-state index is -5.11. The highest BCUT2D eigenvalue weighted by Gasteiger charge is 2.38. The number of furan rings is 2. The number of nitrogens with one attached hydrogen (secondary N) is 1. The van der Waals surface area contributed by atoms with Gasteiger partial charge in [0, 0.05) is 23.3 Å². The number of hydrogen-bond donors (Lipinski definition) is 5. The van der Waals surface area contributed by atoms with Crippen molar-refractivity contribution in [3.63, 3.8) is 0 Å². The zero-order valence-corrected chi connectivity index (χ0v) is 32.9. The maximum atomic E-state index is 12.9. The maximum Gasteiger partial charge on any atom is 0.416 e. The lowest BCUT2D eigenvalue weighted by molar-refractivity contribution is -0.144. The third kappa shape index (κ3) is 16.0. The molecule has 1 amide bonds. The molecule has 0 bridgehead atoms. The van der Waals surface area contributed by atoms with E-state index < -0.39 is 119 Å². The van der Waals surface area contributed by atoms with Crippen molar-refractivity contribution in [2.45, 2.75) is 86.6 Å². The van der Waals surface area contributed by atoms with Crippen molar-refractivity contribution >= 4 is 31.9 Å². The number of hydrogen-bond acceptors (Lipinski definition) is 10. The lowest BCUT2D eigenvalue weighted by atomic mass is 10.0. The van der Waals surface area contributed by atoms with Gasteiger partial charge in [0.1, 0.15) is 0 Å². The van der Waals surface area contributed by atoms with Crippen molar-refractivity contribution in [3.05, 3.63) is 106 Å². The van der Waals surface area contributed by atoms with Crippen LogP contribution in [0.1, 0.15) is 72.2 Å². The van der Waals surface area contributed by atoms with E-state index in [4.69, 9.17) is 14.7 Å². The maximum absolute atomic E-state index is 12.9. The Morgan fingerprint density at radius 1 is 0.557 bits per heavy atom. The molecule has 4 aromatic rings. The number of carbonyl (C=O) groups excluding carboxylic acids is 1. The zero-order valence-electron chi connectivity index (χ0n) is 31.2. The Hall–Kier alpha value is -5.12. The van der Waals surface area contributed by atoms with Crippen LogP contribution in [0.5, 0.6) is 0 Å². The molecule has 2 heterocycles. The number of alkyl halides is 12. The molecule has 0 aliphatic carbocycles. The van der Waals surface area contributed by atoms with Gasteiger partial charge >= 0.3 is 30.7 Å². The Morgan fingerprint density at radius 2 is 0.869 bits per heavy atom. The third-order valence-corrected chi connectivity index (χ3v) is 9.39. The number of aliphatic hydroxyl groups is 2. The molecule has 2 aromatic carbocycles. The molecule has 6 N–H and O–H groups in total. The summed E-state index contributed by atoms with van der Waals surface area (Å²) in [7, 11) is -8.44. The number of halogens is 12. The molecule has 0 radical (unpaired) electrons. The summed E-state index contributed by atoms with van der Waals surface area (Å²) >= 11 is 0. The molecule has 13 nitrogen and oxygen atoms in total. The van der Waals surface area contributed by atoms with Crippen LogP contribution in [0.3, 0.4) is 0 Å². The van der Waals surface area contributed by atoms with Crippen molar-refractivity contribution in [2.75, 3.05) is 0 Å². The van der Waals surface area contributed by atoms with E-state index in [2.05, 4.69) is 4.42 Å². The molecule has 27 heteroatoms. The number of benzene rings is 2. The smallest absolute Gasteiger partial charge is 0.416 e. The number of primary sulfonamides is 1. The SMILES string of the molecule is CC(C)(O)c1coc(S(=O)(=O)NC(=O)Cc2cc(C(F)(F)F)cc(C(F)(F)F)c2)c1.CC(C)(O)c1coc(S(N)(=O)=O)c1.O=C(O)Cc1cc(C(F)(F)F)cc(C(F)(F)F)c1. The van der Waals surface area contributed by atoms with Crippen LogP contribution in [0, 0.1) is 0 Å². The molecule has 61 heavy (non-hydrogen) atoms. The quantitative estimate of drug-likeness (QED) is 0.106. The number of carboxylic acids is 1. The number of amides is 1. The second-order valence-corrected chi connectivity index (χ2v) is 16.7. The van der Waals surface area contributed by atoms with E-state index in [1.807, 2.05) is 0 Å². The summed E-state index contributed by atoms with van der Waals surface area (Å²) in [5.74, 6) is -2.90. The van der Waals surface area contributed by atoms with Gasteiger partial charge in [-0.15, -0.1) is 0 Å². The first-order chi connectivity index (χ1) is 27.1. The van der Waals surface area contributed by atoms with Gasteiger partial charge in [0.25, 0.3) is 20.0 Å². The van der Waals surface area contributed by atoms with Gasteiger partial charge in [0.15, 0.2) is 0 Å². The fourth-order valence-electron chi connectivity index (χ4n) is 4.40. The highest BCUT2D eigenvalue weighted by atomic mass is 32.2. The molecule has 4 rings (SSSR count). The summed E-state index contributed by atoms with van der Waals surface area (Å²) in [4.78, 5) is 22.3. The Labute approximate surface area is 336 Å². The lowest BCUT2D eigenvalue weighted by Crippen LogP contribution is -2.31. The summed E-state index contributed by atoms with van der Waals surface area (Å²) in [6.07, 6.45) is -20.1. The van der Waals surface area contributed by atoms with E-state index in [-0.39, 0.29) is 22.8 Å². The second-order valence-electron chi connectivity index (χ2n) is 13.6. The highest BCUT2D eigenvalue weighted by molar-refractivity contribution is 7.90. The average molecular weight is 937 g/mol. The number of sulfonamides is 2. The molecule has 0 aliphatic rings. The molecule has 0 unspecified atom stereocenters. The van der Waals surface area contributed by atoms with E-state index >= 15 is 0 Å². The Balaban J connectivity index is 0.000000349. The van der Waals surface area contributed by atoms with Gasteiger partial charge in [-0.25, -0.2) is 18.3 Å². The summed E-state index contributed by atoms with van der Waals surface area (Å²) in [6, 6.07) is 3.38. The largest absolute Gasteiger partial charge is 0.481 e. The molecule has 2 aromatic heterocycles. The van der Waals surface area contributed by atoms with Crippen LogP contribution in [0.2, 0.25) is 0 Å². The fourth-order valence-corrected chi connectivity index (χ4v) is 5.81. The first-order valence-corrected chi connectivity index (χ1v) is 19.1. The monoisotopic (exact) mass is 936 g/mol. The van der Waals surface area contributed by atoms with Crippen molar-refractivity contribution in [2.24, 2.45) is 5.14 Å². The van der Waals surface area contributed by atoms with Gasteiger partial charge in [-0.2, -0.15) is 61.1 Å². The summed E-state index contributed by atoms with van der Waals surface area (Å²) in [6.45, 7) is 5.70. The molecule has 0 saturated heterocycles. The standard InChI is InChI=1S/C17H15F6NO5S.C10H6F6O2.C7H11NO4S/c1-15(2,26)12-7-14(29-8-12)30(27,28)24-13(25)5-9-3-10(16(18,19)20)6-11(4-9)17(21,22)23;11-9(12,13)6-1-5(3-8(17)18)2-7(4-6)10(14,15)16;1-7(2,9)5-3-6(12-4-5)13(8,10)11/h3-4,6-8,26H,5H2,1-2H3,(H,24,25);1-2,4H,3H2,(H,17,18);3-4,9H,1-2H3,(H2,8,10,11). The zero-order chi connectivity index (χ0) is 47.5. The van der Waals surface area contributed by atoms with Gasteiger partial charge in [-0.3, -0.25) is 9.59 Å². The Kier molecular flexibility index (Phi) is 15.4. The lowest BCUT2D eigenvalue weighted by Gasteiger charge is -2.14. The predicted octanol–water partition coefficient (Wildman–Crippen LogP) is 7.10. The Morgan fingerprint density at radius 3 is 1.13 bits per heavy atom. The fraction of sp³-hybridized carbons (Fsp3) is 0.353. The Bertz CT molecular complexity index is 2360. The van der Waals surface area contributed by atoms with Crippen LogP contribution in [0.4, 0.5) is 52.7 Å². The summed E-state index contributed by atoms with van der Waals surface area (Å²) in [5, 5.41) is 31.4. The molecule has 0 fully saturated rings. The van der Waals surface area contributed by atoms with E-state index in [1.165, 1.54) is 44.7 Å². The van der Waals surface area contributed by atoms with Gasteiger partial charge < -0.3 is 24.2 Å². The molecular weight excluding hydrogens is 904 g/mol. The van der Waals surface area contributed by atoms with Crippen LogP contribution in [-0.4, -0.2) is 44.0 Å². The van der Waals surface area contributed by atoms with Gasteiger partial charge in [0.05, 0.1) is 58.8 Å². The molecular formula is C34H32F12N2O11S2. The minimum Gasteiger partial charge on any atom is -0.481 e. The number of rotatable bonds is 9. The van der Waals surface area contributed by atoms with E-state index in [1.54, 1.807) is 0 Å². The predicted molar refractivity (Wildman–Crippen MR) is 183 cm³/mol. The van der Waals surface area contributed by atoms with Gasteiger partial charge in [-0.1, -0.05) is 0 Å². The van der Waals surface area contributed by atoms with Crippen molar-refractivity contribution in [3.8, 4) is 0 Å². The number of carboxylic acid groups (broad SMARTS) is 1. The van der Waals surface area contributed by atoms with Crippen LogP contribution < -0.4 is 9.86 Å². The molecule has 0 spiro atoms. The molecule has 340 valence electrons. The van der Waals surface area contributed by atoms with Gasteiger partial charge in [0.2, 0.25) is 16.1 Å². The van der Waals surface area contributed by atoms with E-state index in [0.717, 1.165) is 12.3 Å². The van der Waals surface area contributed by atoms with Gasteiger partial charge in [-0.05, 0) is 75.2 Å². The molecule has 0 saturated carbocycles. The van der Waals surface area contributed by atoms with Crippen molar-refractivity contribution in [1.29, 1.82) is 0 Å². The van der Waals surface area contributed by atoms with E-state index in [0.29, 0.717) is 29.8 Å². The van der Waals surface area contributed by atoms with Crippen molar-refractivity contribution < 1.29 is 103 Å². The average Bonchev–Trinajstić information content (AvgIpc) is 3.75. The van der Waals surface area contributed by atoms with Crippen molar-refractivity contribution in [1.82, 2.24) is 4.72 Å².